The Morgan fingerprint density at radius 3 is 2.94 bits per heavy atom. The lowest BCUT2D eigenvalue weighted by atomic mass is 9.81. The number of anilines is 1. The van der Waals surface area contributed by atoms with E-state index in [9.17, 15) is 13.6 Å². The summed E-state index contributed by atoms with van der Waals surface area (Å²) in [5.74, 6) is -0.0734. The van der Waals surface area contributed by atoms with Crippen molar-refractivity contribution < 1.29 is 23.0 Å². The molecular weight excluding hydrogens is 244 g/mol. The van der Waals surface area contributed by atoms with Crippen LogP contribution < -0.4 is 10.1 Å². The number of hydrogen-bond donors (Lipinski definition) is 1. The van der Waals surface area contributed by atoms with E-state index in [0.717, 1.165) is 0 Å². The number of amides is 1. The fourth-order valence-corrected chi connectivity index (χ4v) is 2.53. The minimum atomic E-state index is -2.87. The van der Waals surface area contributed by atoms with Crippen LogP contribution in [0.3, 0.4) is 0 Å². The maximum absolute atomic E-state index is 12.2. The fraction of sp³-hybridized carbons (Fsp3) is 0.417. The van der Waals surface area contributed by atoms with Crippen molar-refractivity contribution in [1.29, 1.82) is 0 Å². The number of rotatable bonds is 2. The summed E-state index contributed by atoms with van der Waals surface area (Å²) >= 11 is 0. The zero-order valence-electron chi connectivity index (χ0n) is 9.41. The van der Waals surface area contributed by atoms with Gasteiger partial charge in [-0.3, -0.25) is 4.79 Å². The number of carbonyl (C=O) groups excluding carboxylic acids is 1. The molecule has 2 heterocycles. The van der Waals surface area contributed by atoms with Crippen molar-refractivity contribution in [2.24, 2.45) is 0 Å². The third-order valence-corrected chi connectivity index (χ3v) is 3.44. The molecular formula is C12H11F2NO3. The summed E-state index contributed by atoms with van der Waals surface area (Å²) in [5.41, 5.74) is 0.590. The zero-order chi connectivity index (χ0) is 12.8. The molecule has 1 amide bonds. The van der Waals surface area contributed by atoms with E-state index < -0.39 is 12.0 Å². The van der Waals surface area contributed by atoms with Gasteiger partial charge in [0.1, 0.15) is 11.2 Å². The van der Waals surface area contributed by atoms with Gasteiger partial charge in [-0.15, -0.1) is 0 Å². The zero-order valence-corrected chi connectivity index (χ0v) is 9.41. The average molecular weight is 255 g/mol. The molecule has 4 nitrogen and oxygen atoms in total. The minimum Gasteiger partial charge on any atom is -0.435 e. The minimum absolute atomic E-state index is 0.0616. The van der Waals surface area contributed by atoms with E-state index in [1.807, 2.05) is 0 Å². The Morgan fingerprint density at radius 1 is 1.44 bits per heavy atom. The molecule has 1 atom stereocenters. The van der Waals surface area contributed by atoms with Crippen LogP contribution in [0.25, 0.3) is 0 Å². The highest BCUT2D eigenvalue weighted by Crippen LogP contribution is 2.44. The van der Waals surface area contributed by atoms with E-state index in [1.54, 1.807) is 6.07 Å². The Bertz CT molecular complexity index is 498. The van der Waals surface area contributed by atoms with Crippen molar-refractivity contribution in [3.05, 3.63) is 23.8 Å². The maximum atomic E-state index is 12.2. The van der Waals surface area contributed by atoms with Gasteiger partial charge in [0.05, 0.1) is 6.61 Å². The number of nitrogens with one attached hydrogen (secondary N) is 1. The summed E-state index contributed by atoms with van der Waals surface area (Å²) in [6.45, 7) is -2.10. The lowest BCUT2D eigenvalue weighted by molar-refractivity contribution is -0.120. The molecule has 1 N–H and O–H groups in total. The lowest BCUT2D eigenvalue weighted by Gasteiger charge is -2.19. The second-order valence-electron chi connectivity index (χ2n) is 4.42. The molecule has 1 aromatic carbocycles. The summed E-state index contributed by atoms with van der Waals surface area (Å²) < 4.78 is 34.0. The molecule has 2 aliphatic rings. The number of carbonyl (C=O) groups is 1. The van der Waals surface area contributed by atoms with E-state index in [0.29, 0.717) is 24.3 Å². The van der Waals surface area contributed by atoms with Crippen molar-refractivity contribution in [1.82, 2.24) is 0 Å². The van der Waals surface area contributed by atoms with E-state index in [1.165, 1.54) is 12.1 Å². The van der Waals surface area contributed by atoms with Gasteiger partial charge in [-0.05, 0) is 30.2 Å². The van der Waals surface area contributed by atoms with Crippen LogP contribution in [0, 0.1) is 0 Å². The van der Waals surface area contributed by atoms with Gasteiger partial charge in [0, 0.05) is 12.3 Å². The maximum Gasteiger partial charge on any atom is 0.387 e. The molecule has 0 bridgehead atoms. The van der Waals surface area contributed by atoms with Crippen LogP contribution in [0.1, 0.15) is 12.0 Å². The Morgan fingerprint density at radius 2 is 2.28 bits per heavy atom. The van der Waals surface area contributed by atoms with E-state index in [-0.39, 0.29) is 18.3 Å². The van der Waals surface area contributed by atoms with E-state index in [2.05, 4.69) is 10.1 Å². The van der Waals surface area contributed by atoms with E-state index in [4.69, 9.17) is 4.74 Å². The quantitative estimate of drug-likeness (QED) is 0.878. The second-order valence-corrected chi connectivity index (χ2v) is 4.42. The van der Waals surface area contributed by atoms with Crippen molar-refractivity contribution in [2.75, 3.05) is 18.5 Å². The summed E-state index contributed by atoms with van der Waals surface area (Å²) in [6.07, 6.45) is 0.559. The molecule has 1 aromatic rings. The molecule has 0 aliphatic carbocycles. The number of halogens is 2. The summed E-state index contributed by atoms with van der Waals surface area (Å²) in [7, 11) is 0. The standard InChI is InChI=1S/C12H11F2NO3/c13-11(14)18-7-1-2-9-8(5-7)12(10(16)15-9)3-4-17-6-12/h1-2,5,11H,3-4,6H2,(H,15,16). The molecule has 18 heavy (non-hydrogen) atoms. The fourth-order valence-electron chi connectivity index (χ4n) is 2.53. The van der Waals surface area contributed by atoms with Gasteiger partial charge >= 0.3 is 6.61 Å². The summed E-state index contributed by atoms with van der Waals surface area (Å²) in [4.78, 5) is 12.0. The van der Waals surface area contributed by atoms with Gasteiger partial charge in [-0.1, -0.05) is 0 Å². The predicted octanol–water partition coefficient (Wildman–Crippen LogP) is 1.90. The SMILES string of the molecule is O=C1Nc2ccc(OC(F)F)cc2C12CCOC2. The van der Waals surface area contributed by atoms with Crippen LogP contribution in [0.5, 0.6) is 5.75 Å². The molecule has 96 valence electrons. The van der Waals surface area contributed by atoms with Gasteiger partial charge < -0.3 is 14.8 Å². The molecule has 0 aromatic heterocycles. The smallest absolute Gasteiger partial charge is 0.387 e. The third-order valence-electron chi connectivity index (χ3n) is 3.44. The van der Waals surface area contributed by atoms with Gasteiger partial charge in [-0.25, -0.2) is 0 Å². The van der Waals surface area contributed by atoms with Crippen LogP contribution >= 0.6 is 0 Å². The lowest BCUT2D eigenvalue weighted by Crippen LogP contribution is -2.34. The highest BCUT2D eigenvalue weighted by Gasteiger charge is 2.49. The molecule has 1 fully saturated rings. The first-order valence-corrected chi connectivity index (χ1v) is 5.60. The van der Waals surface area contributed by atoms with Crippen LogP contribution in [-0.4, -0.2) is 25.7 Å². The molecule has 1 saturated heterocycles. The van der Waals surface area contributed by atoms with Crippen LogP contribution in [-0.2, 0) is 14.9 Å². The van der Waals surface area contributed by atoms with Crippen molar-refractivity contribution >= 4 is 11.6 Å². The summed E-state index contributed by atoms with van der Waals surface area (Å²) in [5, 5.41) is 2.75. The summed E-state index contributed by atoms with van der Waals surface area (Å²) in [6, 6.07) is 4.49. The molecule has 6 heteroatoms. The molecule has 3 rings (SSSR count). The largest absolute Gasteiger partial charge is 0.435 e. The van der Waals surface area contributed by atoms with Gasteiger partial charge in [0.2, 0.25) is 5.91 Å². The van der Waals surface area contributed by atoms with Crippen LogP contribution in [0.2, 0.25) is 0 Å². The number of fused-ring (bicyclic) bond motifs is 2. The van der Waals surface area contributed by atoms with Gasteiger partial charge in [0.25, 0.3) is 0 Å². The number of alkyl halides is 2. The number of ether oxygens (including phenoxy) is 2. The van der Waals surface area contributed by atoms with Crippen LogP contribution in [0.15, 0.2) is 18.2 Å². The first-order chi connectivity index (χ1) is 8.62. The Balaban J connectivity index is 2.02. The van der Waals surface area contributed by atoms with Gasteiger partial charge in [-0.2, -0.15) is 8.78 Å². The third kappa shape index (κ3) is 1.56. The van der Waals surface area contributed by atoms with Crippen molar-refractivity contribution in [3.8, 4) is 5.75 Å². The van der Waals surface area contributed by atoms with Crippen LogP contribution in [0.4, 0.5) is 14.5 Å². The number of benzene rings is 1. The first kappa shape index (κ1) is 11.4. The Labute approximate surface area is 102 Å². The molecule has 0 saturated carbocycles. The highest BCUT2D eigenvalue weighted by molar-refractivity contribution is 6.06. The molecule has 1 spiro atoms. The normalized spacial score (nSPS) is 25.6. The molecule has 2 aliphatic heterocycles. The van der Waals surface area contributed by atoms with Gasteiger partial charge in [0.15, 0.2) is 0 Å². The number of hydrogen-bond acceptors (Lipinski definition) is 3. The molecule has 0 radical (unpaired) electrons. The average Bonchev–Trinajstić information content (AvgIpc) is 2.89. The Hall–Kier alpha value is -1.69. The van der Waals surface area contributed by atoms with Crippen molar-refractivity contribution in [3.63, 3.8) is 0 Å². The molecule has 1 unspecified atom stereocenters. The first-order valence-electron chi connectivity index (χ1n) is 5.60. The monoisotopic (exact) mass is 255 g/mol. The highest BCUT2D eigenvalue weighted by atomic mass is 19.3. The second kappa shape index (κ2) is 3.91. The van der Waals surface area contributed by atoms with E-state index >= 15 is 0 Å². The topological polar surface area (TPSA) is 47.6 Å². The Kier molecular flexibility index (Phi) is 2.48. The van der Waals surface area contributed by atoms with Crippen molar-refractivity contribution in [2.45, 2.75) is 18.4 Å². The predicted molar refractivity (Wildman–Crippen MR) is 58.8 cm³/mol.